The minimum Gasteiger partial charge on any atom is -0.352 e. The van der Waals surface area contributed by atoms with Crippen LogP contribution in [0.4, 0.5) is 0 Å². The highest BCUT2D eigenvalue weighted by Gasteiger charge is 2.28. The van der Waals surface area contributed by atoms with Crippen molar-refractivity contribution < 1.29 is 14.4 Å². The molecule has 6 heteroatoms. The summed E-state index contributed by atoms with van der Waals surface area (Å²) < 4.78 is 0. The maximum Gasteiger partial charge on any atom is 0.254 e. The van der Waals surface area contributed by atoms with Crippen molar-refractivity contribution in [1.29, 1.82) is 0 Å². The van der Waals surface area contributed by atoms with Crippen molar-refractivity contribution in [3.8, 4) is 0 Å². The minimum absolute atomic E-state index is 0.00645. The number of fused-ring (bicyclic) bond motifs is 1. The molecule has 1 aliphatic rings. The van der Waals surface area contributed by atoms with E-state index in [-0.39, 0.29) is 36.2 Å². The van der Waals surface area contributed by atoms with Crippen molar-refractivity contribution in [3.63, 3.8) is 0 Å². The molecule has 1 aliphatic heterocycles. The fourth-order valence-corrected chi connectivity index (χ4v) is 3.61. The van der Waals surface area contributed by atoms with Gasteiger partial charge < -0.3 is 15.5 Å². The third-order valence-corrected chi connectivity index (χ3v) is 5.05. The van der Waals surface area contributed by atoms with E-state index in [0.29, 0.717) is 31.5 Å². The van der Waals surface area contributed by atoms with Gasteiger partial charge in [-0.05, 0) is 43.5 Å². The molecule has 0 aromatic heterocycles. The molecular weight excluding hydrogens is 354 g/mol. The van der Waals surface area contributed by atoms with Crippen LogP contribution in [0.3, 0.4) is 0 Å². The fourth-order valence-electron chi connectivity index (χ4n) is 3.61. The molecule has 0 saturated carbocycles. The van der Waals surface area contributed by atoms with Crippen molar-refractivity contribution >= 4 is 28.5 Å². The van der Waals surface area contributed by atoms with E-state index in [1.165, 1.54) is 0 Å². The lowest BCUT2D eigenvalue weighted by Gasteiger charge is -2.31. The van der Waals surface area contributed by atoms with Crippen molar-refractivity contribution in [3.05, 3.63) is 48.0 Å². The number of rotatable bonds is 5. The molecule has 1 fully saturated rings. The van der Waals surface area contributed by atoms with Crippen LogP contribution in [0.2, 0.25) is 0 Å². The maximum atomic E-state index is 13.0. The van der Waals surface area contributed by atoms with Gasteiger partial charge in [0, 0.05) is 30.6 Å². The van der Waals surface area contributed by atoms with Gasteiger partial charge in [0.2, 0.25) is 11.8 Å². The zero-order chi connectivity index (χ0) is 20.1. The second kappa shape index (κ2) is 8.87. The van der Waals surface area contributed by atoms with Gasteiger partial charge >= 0.3 is 0 Å². The molecule has 0 radical (unpaired) electrons. The smallest absolute Gasteiger partial charge is 0.254 e. The molecule has 0 spiro atoms. The number of hydrogen-bond donors (Lipinski definition) is 2. The maximum absolute atomic E-state index is 13.0. The molecule has 2 aromatic rings. The molecule has 2 N–H and O–H groups in total. The van der Waals surface area contributed by atoms with Gasteiger partial charge in [-0.2, -0.15) is 0 Å². The molecule has 0 unspecified atom stereocenters. The van der Waals surface area contributed by atoms with Gasteiger partial charge in [-0.25, -0.2) is 0 Å². The number of carbonyl (C=O) groups is 3. The van der Waals surface area contributed by atoms with Gasteiger partial charge in [0.15, 0.2) is 0 Å². The SMILES string of the molecule is CC(C)NC(=O)CNC(=O)C1CCN(C(=O)c2cccc3ccccc23)CC1. The largest absolute Gasteiger partial charge is 0.352 e. The fraction of sp³-hybridized carbons (Fsp3) is 0.409. The summed E-state index contributed by atoms with van der Waals surface area (Å²) in [5.41, 5.74) is 0.700. The molecule has 0 atom stereocenters. The van der Waals surface area contributed by atoms with E-state index in [1.807, 2.05) is 61.2 Å². The van der Waals surface area contributed by atoms with E-state index in [9.17, 15) is 14.4 Å². The van der Waals surface area contributed by atoms with Gasteiger partial charge in [0.05, 0.1) is 6.54 Å². The Morgan fingerprint density at radius 3 is 2.43 bits per heavy atom. The summed E-state index contributed by atoms with van der Waals surface area (Å²) in [5.74, 6) is -0.460. The third-order valence-electron chi connectivity index (χ3n) is 5.05. The number of carbonyl (C=O) groups excluding carboxylic acids is 3. The summed E-state index contributed by atoms with van der Waals surface area (Å²) in [7, 11) is 0. The summed E-state index contributed by atoms with van der Waals surface area (Å²) in [6, 6.07) is 13.7. The summed E-state index contributed by atoms with van der Waals surface area (Å²) in [6.07, 6.45) is 1.21. The number of amides is 3. The first-order chi connectivity index (χ1) is 13.5. The molecule has 3 rings (SSSR count). The van der Waals surface area contributed by atoms with E-state index in [4.69, 9.17) is 0 Å². The Morgan fingerprint density at radius 1 is 1.04 bits per heavy atom. The van der Waals surface area contributed by atoms with Crippen LogP contribution < -0.4 is 10.6 Å². The molecule has 1 saturated heterocycles. The highest BCUT2D eigenvalue weighted by atomic mass is 16.2. The highest BCUT2D eigenvalue weighted by Crippen LogP contribution is 2.23. The summed E-state index contributed by atoms with van der Waals surface area (Å²) in [6.45, 7) is 4.83. The number of likely N-dealkylation sites (tertiary alicyclic amines) is 1. The van der Waals surface area contributed by atoms with Gasteiger partial charge in [0.1, 0.15) is 0 Å². The summed E-state index contributed by atoms with van der Waals surface area (Å²) >= 11 is 0. The Kier molecular flexibility index (Phi) is 6.29. The van der Waals surface area contributed by atoms with E-state index in [1.54, 1.807) is 0 Å². The number of nitrogens with zero attached hydrogens (tertiary/aromatic N) is 1. The van der Waals surface area contributed by atoms with E-state index >= 15 is 0 Å². The molecule has 2 aromatic carbocycles. The zero-order valence-corrected chi connectivity index (χ0v) is 16.4. The molecule has 28 heavy (non-hydrogen) atoms. The Balaban J connectivity index is 1.55. The molecular formula is C22H27N3O3. The van der Waals surface area contributed by atoms with Crippen LogP contribution in [-0.2, 0) is 9.59 Å². The van der Waals surface area contributed by atoms with E-state index < -0.39 is 0 Å². The molecule has 0 aliphatic carbocycles. The lowest BCUT2D eigenvalue weighted by molar-refractivity contribution is -0.129. The Bertz CT molecular complexity index is 865. The third kappa shape index (κ3) is 4.68. The Labute approximate surface area is 165 Å². The van der Waals surface area contributed by atoms with Gasteiger partial charge in [-0.15, -0.1) is 0 Å². The van der Waals surface area contributed by atoms with Gasteiger partial charge in [0.25, 0.3) is 5.91 Å². The predicted molar refractivity (Wildman–Crippen MR) is 109 cm³/mol. The van der Waals surface area contributed by atoms with Crippen molar-refractivity contribution in [2.24, 2.45) is 5.92 Å². The molecule has 6 nitrogen and oxygen atoms in total. The van der Waals surface area contributed by atoms with Gasteiger partial charge in [-0.1, -0.05) is 36.4 Å². The van der Waals surface area contributed by atoms with Gasteiger partial charge in [-0.3, -0.25) is 14.4 Å². The minimum atomic E-state index is -0.188. The van der Waals surface area contributed by atoms with Crippen LogP contribution in [0.1, 0.15) is 37.0 Å². The summed E-state index contributed by atoms with van der Waals surface area (Å²) in [5, 5.41) is 7.45. The topological polar surface area (TPSA) is 78.5 Å². The lowest BCUT2D eigenvalue weighted by atomic mass is 9.95. The average molecular weight is 381 g/mol. The molecule has 0 bridgehead atoms. The average Bonchev–Trinajstić information content (AvgIpc) is 2.70. The first-order valence-electron chi connectivity index (χ1n) is 9.80. The Hall–Kier alpha value is -2.89. The number of benzene rings is 2. The predicted octanol–water partition coefficient (Wildman–Crippen LogP) is 2.33. The molecule has 3 amide bonds. The molecule has 148 valence electrons. The quantitative estimate of drug-likeness (QED) is 0.834. The summed E-state index contributed by atoms with van der Waals surface area (Å²) in [4.78, 5) is 38.8. The number of hydrogen-bond acceptors (Lipinski definition) is 3. The highest BCUT2D eigenvalue weighted by molar-refractivity contribution is 6.07. The first kappa shape index (κ1) is 19.9. The van der Waals surface area contributed by atoms with Crippen LogP contribution >= 0.6 is 0 Å². The van der Waals surface area contributed by atoms with Crippen LogP contribution in [0, 0.1) is 5.92 Å². The Morgan fingerprint density at radius 2 is 1.71 bits per heavy atom. The first-order valence-corrected chi connectivity index (χ1v) is 9.80. The van der Waals surface area contributed by atoms with Crippen molar-refractivity contribution in [2.45, 2.75) is 32.7 Å². The van der Waals surface area contributed by atoms with Crippen LogP contribution in [0.15, 0.2) is 42.5 Å². The van der Waals surface area contributed by atoms with Crippen molar-refractivity contribution in [2.75, 3.05) is 19.6 Å². The normalized spacial score (nSPS) is 14.9. The second-order valence-electron chi connectivity index (χ2n) is 7.53. The second-order valence-corrected chi connectivity index (χ2v) is 7.53. The number of piperidine rings is 1. The van der Waals surface area contributed by atoms with Crippen LogP contribution in [0.25, 0.3) is 10.8 Å². The zero-order valence-electron chi connectivity index (χ0n) is 16.4. The lowest BCUT2D eigenvalue weighted by Crippen LogP contribution is -2.45. The molecule has 1 heterocycles. The van der Waals surface area contributed by atoms with E-state index in [0.717, 1.165) is 10.8 Å². The monoisotopic (exact) mass is 381 g/mol. The van der Waals surface area contributed by atoms with Crippen molar-refractivity contribution in [1.82, 2.24) is 15.5 Å². The number of nitrogens with one attached hydrogen (secondary N) is 2. The van der Waals surface area contributed by atoms with Crippen LogP contribution in [-0.4, -0.2) is 48.3 Å². The van der Waals surface area contributed by atoms with Crippen LogP contribution in [0.5, 0.6) is 0 Å². The standard InChI is InChI=1S/C22H27N3O3/c1-15(2)24-20(26)14-23-21(27)17-10-12-25(13-11-17)22(28)19-9-5-7-16-6-3-4-8-18(16)19/h3-9,15,17H,10-14H2,1-2H3,(H,23,27)(H,24,26). The van der Waals surface area contributed by atoms with E-state index in [2.05, 4.69) is 10.6 Å².